The average molecular weight is 367 g/mol. The van der Waals surface area contributed by atoms with Crippen LogP contribution in [0.15, 0.2) is 48.5 Å². The van der Waals surface area contributed by atoms with Crippen molar-refractivity contribution in [1.29, 1.82) is 0 Å². The Morgan fingerprint density at radius 1 is 1.04 bits per heavy atom. The van der Waals surface area contributed by atoms with Crippen LogP contribution in [0.4, 0.5) is 0 Å². The van der Waals surface area contributed by atoms with Crippen molar-refractivity contribution >= 4 is 11.8 Å². The van der Waals surface area contributed by atoms with E-state index in [1.54, 1.807) is 24.3 Å². The Morgan fingerprint density at radius 2 is 1.56 bits per heavy atom. The van der Waals surface area contributed by atoms with Gasteiger partial charge in [0.1, 0.15) is 6.04 Å². The summed E-state index contributed by atoms with van der Waals surface area (Å²) in [6.07, 6.45) is 0.988. The first kappa shape index (κ1) is 21.9. The molecule has 0 saturated carbocycles. The number of carbonyl (C=O) groups is 2. The molecule has 0 aliphatic rings. The van der Waals surface area contributed by atoms with Gasteiger partial charge in [-0.15, -0.1) is 0 Å². The number of rotatable bonds is 5. The fourth-order valence-electron chi connectivity index (χ4n) is 2.22. The lowest BCUT2D eigenvalue weighted by atomic mass is 10.1. The Hall–Kier alpha value is -3.14. The Kier molecular flexibility index (Phi) is 8.73. The summed E-state index contributed by atoms with van der Waals surface area (Å²) in [5.74, 6) is 4.90. The van der Waals surface area contributed by atoms with Crippen LogP contribution < -0.4 is 16.5 Å². The first-order valence-corrected chi connectivity index (χ1v) is 8.23. The van der Waals surface area contributed by atoms with Crippen LogP contribution in [-0.4, -0.2) is 29.6 Å². The molecule has 0 spiro atoms. The third-order valence-corrected chi connectivity index (χ3v) is 3.83. The molecule has 2 aromatic carbocycles. The smallest absolute Gasteiger partial charge is 0.267 e. The van der Waals surface area contributed by atoms with Gasteiger partial charge in [0, 0.05) is 23.2 Å². The molecule has 0 aliphatic carbocycles. The van der Waals surface area contributed by atoms with Gasteiger partial charge in [-0.2, -0.15) is 0 Å². The highest BCUT2D eigenvalue weighted by Gasteiger charge is 2.19. The molecule has 2 amide bonds. The van der Waals surface area contributed by atoms with Gasteiger partial charge in [-0.05, 0) is 48.4 Å². The molecule has 0 bridgehead atoms. The van der Waals surface area contributed by atoms with E-state index in [-0.39, 0.29) is 14.0 Å². The van der Waals surface area contributed by atoms with Crippen molar-refractivity contribution in [3.8, 4) is 11.8 Å². The van der Waals surface area contributed by atoms with Gasteiger partial charge in [0.25, 0.3) is 11.8 Å². The molecular formula is C21H25N3O3. The quantitative estimate of drug-likeness (QED) is 0.368. The molecule has 0 aromatic heterocycles. The second-order valence-corrected chi connectivity index (χ2v) is 5.62. The van der Waals surface area contributed by atoms with Crippen molar-refractivity contribution in [3.63, 3.8) is 0 Å². The highest BCUT2D eigenvalue weighted by Crippen LogP contribution is 2.06. The molecule has 1 atom stereocenters. The van der Waals surface area contributed by atoms with E-state index in [9.17, 15) is 9.59 Å². The van der Waals surface area contributed by atoms with Crippen LogP contribution in [0.5, 0.6) is 0 Å². The molecule has 6 nitrogen and oxygen atoms in total. The summed E-state index contributed by atoms with van der Waals surface area (Å²) in [6, 6.07) is 13.7. The molecular weight excluding hydrogens is 342 g/mol. The first-order valence-electron chi connectivity index (χ1n) is 8.23. The van der Waals surface area contributed by atoms with Crippen molar-refractivity contribution in [2.75, 3.05) is 6.54 Å². The van der Waals surface area contributed by atoms with E-state index in [0.29, 0.717) is 5.56 Å². The number of hydroxylamine groups is 1. The van der Waals surface area contributed by atoms with Crippen molar-refractivity contribution in [2.24, 2.45) is 5.73 Å². The maximum absolute atomic E-state index is 12.1. The maximum atomic E-state index is 12.1. The van der Waals surface area contributed by atoms with Gasteiger partial charge < -0.3 is 11.1 Å². The van der Waals surface area contributed by atoms with Crippen molar-refractivity contribution in [3.05, 3.63) is 70.8 Å². The summed E-state index contributed by atoms with van der Waals surface area (Å²) in [7, 11) is 0. The molecule has 0 heterocycles. The fourth-order valence-corrected chi connectivity index (χ4v) is 2.22. The van der Waals surface area contributed by atoms with Gasteiger partial charge in [-0.1, -0.05) is 38.3 Å². The molecule has 0 unspecified atom stereocenters. The molecule has 0 radical (unpaired) electrons. The first-order chi connectivity index (χ1) is 12.6. The molecule has 142 valence electrons. The number of benzene rings is 2. The van der Waals surface area contributed by atoms with E-state index >= 15 is 0 Å². The van der Waals surface area contributed by atoms with E-state index in [1.807, 2.05) is 24.3 Å². The highest BCUT2D eigenvalue weighted by atomic mass is 16.5. The summed E-state index contributed by atoms with van der Waals surface area (Å²) in [6.45, 7) is 1.98. The second kappa shape index (κ2) is 10.8. The number of amides is 2. The fraction of sp³-hybridized carbons (Fsp3) is 0.238. The highest BCUT2D eigenvalue weighted by molar-refractivity contribution is 5.97. The third-order valence-electron chi connectivity index (χ3n) is 3.83. The molecule has 27 heavy (non-hydrogen) atoms. The normalized spacial score (nSPS) is 10.6. The van der Waals surface area contributed by atoms with Crippen LogP contribution in [0.2, 0.25) is 0 Å². The van der Waals surface area contributed by atoms with Crippen LogP contribution in [-0.2, 0) is 11.2 Å². The topological polar surface area (TPSA) is 104 Å². The molecule has 0 aliphatic heterocycles. The second-order valence-electron chi connectivity index (χ2n) is 5.62. The summed E-state index contributed by atoms with van der Waals surface area (Å²) in [5.41, 5.74) is 10.2. The maximum Gasteiger partial charge on any atom is 0.267 e. The zero-order valence-corrected chi connectivity index (χ0v) is 14.5. The zero-order chi connectivity index (χ0) is 18.9. The van der Waals surface area contributed by atoms with Crippen LogP contribution in [0.3, 0.4) is 0 Å². The monoisotopic (exact) mass is 367 g/mol. The lowest BCUT2D eigenvalue weighted by molar-refractivity contribution is -0.130. The Morgan fingerprint density at radius 3 is 2.00 bits per heavy atom. The van der Waals surface area contributed by atoms with Gasteiger partial charge in [0.05, 0.1) is 0 Å². The van der Waals surface area contributed by atoms with Crippen molar-refractivity contribution in [1.82, 2.24) is 10.8 Å². The number of hydrogen-bond acceptors (Lipinski definition) is 4. The van der Waals surface area contributed by atoms with Crippen molar-refractivity contribution < 1.29 is 14.8 Å². The Bertz CT molecular complexity index is 818. The number of aryl methyl sites for hydroxylation is 1. The molecule has 6 heteroatoms. The number of nitrogens with one attached hydrogen (secondary N) is 2. The predicted octanol–water partition coefficient (Wildman–Crippen LogP) is 1.85. The minimum absolute atomic E-state index is 0. The summed E-state index contributed by atoms with van der Waals surface area (Å²) in [5, 5.41) is 11.1. The van der Waals surface area contributed by atoms with E-state index in [1.165, 1.54) is 11.0 Å². The van der Waals surface area contributed by atoms with E-state index in [2.05, 4.69) is 24.1 Å². The standard InChI is InChI=1S/C20H21N3O3.CH4/c1-2-14-3-5-15(6-4-14)7-8-16-9-11-17(12-10-16)19(24)22-18(13-21)20(25)23-26;/h3-6,9-12,18,26H,2,13,21H2,1H3,(H,22,24)(H,23,25);1H4/t18-;/m0./s1. The van der Waals surface area contributed by atoms with E-state index < -0.39 is 17.9 Å². The Balaban J connectivity index is 0.00000364. The van der Waals surface area contributed by atoms with E-state index in [4.69, 9.17) is 10.9 Å². The molecule has 2 aromatic rings. The molecule has 2 rings (SSSR count). The van der Waals surface area contributed by atoms with Crippen LogP contribution >= 0.6 is 0 Å². The summed E-state index contributed by atoms with van der Waals surface area (Å²) in [4.78, 5) is 23.5. The largest absolute Gasteiger partial charge is 0.339 e. The van der Waals surface area contributed by atoms with E-state index in [0.717, 1.165) is 17.5 Å². The van der Waals surface area contributed by atoms with Crippen molar-refractivity contribution in [2.45, 2.75) is 26.8 Å². The number of hydrogen-bond donors (Lipinski definition) is 4. The summed E-state index contributed by atoms with van der Waals surface area (Å²) < 4.78 is 0. The predicted molar refractivity (Wildman–Crippen MR) is 105 cm³/mol. The van der Waals surface area contributed by atoms with Crippen LogP contribution in [0.1, 0.15) is 41.4 Å². The molecule has 0 saturated heterocycles. The Labute approximate surface area is 159 Å². The summed E-state index contributed by atoms with van der Waals surface area (Å²) >= 11 is 0. The molecule has 5 N–H and O–H groups in total. The molecule has 0 fully saturated rings. The van der Waals surface area contributed by atoms with Gasteiger partial charge >= 0.3 is 0 Å². The van der Waals surface area contributed by atoms with Crippen LogP contribution in [0.25, 0.3) is 0 Å². The van der Waals surface area contributed by atoms with Gasteiger partial charge in [0.15, 0.2) is 0 Å². The van der Waals surface area contributed by atoms with Gasteiger partial charge in [-0.25, -0.2) is 5.48 Å². The lowest BCUT2D eigenvalue weighted by Gasteiger charge is -2.14. The average Bonchev–Trinajstić information content (AvgIpc) is 2.70. The van der Waals surface area contributed by atoms with Gasteiger partial charge in [0.2, 0.25) is 0 Å². The number of nitrogens with two attached hydrogens (primary N) is 1. The third kappa shape index (κ3) is 6.26. The minimum Gasteiger partial charge on any atom is -0.339 e. The number of carbonyl (C=O) groups excluding carboxylic acids is 2. The lowest BCUT2D eigenvalue weighted by Crippen LogP contribution is -2.50. The van der Waals surface area contributed by atoms with Gasteiger partial charge in [-0.3, -0.25) is 14.8 Å². The SMILES string of the molecule is C.CCc1ccc(C#Cc2ccc(C(=O)N[C@@H](CN)C(=O)NO)cc2)cc1. The minimum atomic E-state index is -1.00. The zero-order valence-electron chi connectivity index (χ0n) is 14.5. The van der Waals surface area contributed by atoms with Crippen LogP contribution in [0, 0.1) is 11.8 Å².